The van der Waals surface area contributed by atoms with Crippen LogP contribution in [0.4, 0.5) is 0 Å². The van der Waals surface area contributed by atoms with Gasteiger partial charge in [0.15, 0.2) is 0 Å². The Balaban J connectivity index is 1.43. The van der Waals surface area contributed by atoms with Crippen molar-refractivity contribution >= 4 is 28.8 Å². The molecule has 6 nitrogen and oxygen atoms in total. The van der Waals surface area contributed by atoms with Gasteiger partial charge in [0.1, 0.15) is 0 Å². The van der Waals surface area contributed by atoms with Crippen LogP contribution in [0.1, 0.15) is 23.0 Å². The highest BCUT2D eigenvalue weighted by Gasteiger charge is 2.10. The van der Waals surface area contributed by atoms with Gasteiger partial charge in [-0.3, -0.25) is 4.79 Å². The molecule has 2 heterocycles. The molecule has 3 rings (SSSR count). The Kier molecular flexibility index (Phi) is 5.78. The van der Waals surface area contributed by atoms with Gasteiger partial charge in [0.25, 0.3) is 0 Å². The van der Waals surface area contributed by atoms with E-state index in [1.165, 1.54) is 0 Å². The molecule has 0 bridgehead atoms. The molecule has 8 heteroatoms. The fraction of sp³-hybridized carbons (Fsp3) is 0.294. The first-order valence-corrected chi connectivity index (χ1v) is 9.12. The van der Waals surface area contributed by atoms with E-state index in [1.54, 1.807) is 23.5 Å². The molecule has 0 spiro atoms. The van der Waals surface area contributed by atoms with Crippen molar-refractivity contribution in [1.29, 1.82) is 0 Å². The number of hydrogen-bond donors (Lipinski definition) is 1. The van der Waals surface area contributed by atoms with Crippen molar-refractivity contribution in [3.05, 3.63) is 51.3 Å². The van der Waals surface area contributed by atoms with Gasteiger partial charge in [0.05, 0.1) is 10.7 Å². The minimum atomic E-state index is -0.0433. The number of hydrogen-bond acceptors (Lipinski definition) is 6. The Bertz CT molecular complexity index is 844. The second kappa shape index (κ2) is 8.22. The molecule has 0 atom stereocenters. The number of rotatable bonds is 7. The van der Waals surface area contributed by atoms with Crippen molar-refractivity contribution in [3.8, 4) is 11.4 Å². The van der Waals surface area contributed by atoms with Gasteiger partial charge in [-0.1, -0.05) is 16.8 Å². The molecule has 0 aliphatic rings. The summed E-state index contributed by atoms with van der Waals surface area (Å²) in [6.07, 6.45) is 1.44. The SMILES string of the molecule is Cc1nc(CCNC(=O)CCc2nc(-c3ccc(Cl)cc3)no2)cs1. The molecule has 1 amide bonds. The van der Waals surface area contributed by atoms with Crippen molar-refractivity contribution in [2.45, 2.75) is 26.2 Å². The van der Waals surface area contributed by atoms with Crippen molar-refractivity contribution < 1.29 is 9.32 Å². The molecule has 0 unspecified atom stereocenters. The first-order valence-electron chi connectivity index (χ1n) is 7.86. The maximum atomic E-state index is 11.9. The second-order valence-corrected chi connectivity index (χ2v) is 6.98. The normalized spacial score (nSPS) is 10.8. The molecular weight excluding hydrogens is 360 g/mol. The summed E-state index contributed by atoms with van der Waals surface area (Å²) in [6.45, 7) is 2.54. The third kappa shape index (κ3) is 5.11. The van der Waals surface area contributed by atoms with Gasteiger partial charge in [0.2, 0.25) is 17.6 Å². The Morgan fingerprint density at radius 3 is 2.76 bits per heavy atom. The monoisotopic (exact) mass is 376 g/mol. The van der Waals surface area contributed by atoms with E-state index >= 15 is 0 Å². The Hall–Kier alpha value is -2.25. The lowest BCUT2D eigenvalue weighted by molar-refractivity contribution is -0.121. The lowest BCUT2D eigenvalue weighted by atomic mass is 10.2. The predicted octanol–water partition coefficient (Wildman–Crippen LogP) is 3.45. The molecule has 0 saturated heterocycles. The summed E-state index contributed by atoms with van der Waals surface area (Å²) in [7, 11) is 0. The van der Waals surface area contributed by atoms with E-state index in [1.807, 2.05) is 24.4 Å². The highest BCUT2D eigenvalue weighted by Crippen LogP contribution is 2.19. The maximum Gasteiger partial charge on any atom is 0.227 e. The van der Waals surface area contributed by atoms with Crippen molar-refractivity contribution in [2.24, 2.45) is 0 Å². The zero-order valence-corrected chi connectivity index (χ0v) is 15.2. The van der Waals surface area contributed by atoms with Crippen molar-refractivity contribution in [1.82, 2.24) is 20.4 Å². The molecule has 1 aromatic carbocycles. The highest BCUT2D eigenvalue weighted by atomic mass is 35.5. The average Bonchev–Trinajstić information content (AvgIpc) is 3.23. The van der Waals surface area contributed by atoms with E-state index in [2.05, 4.69) is 20.4 Å². The smallest absolute Gasteiger partial charge is 0.227 e. The molecule has 25 heavy (non-hydrogen) atoms. The van der Waals surface area contributed by atoms with Gasteiger partial charge in [-0.05, 0) is 31.2 Å². The highest BCUT2D eigenvalue weighted by molar-refractivity contribution is 7.09. The lowest BCUT2D eigenvalue weighted by Crippen LogP contribution is -2.26. The molecule has 0 aliphatic heterocycles. The average molecular weight is 377 g/mol. The van der Waals surface area contributed by atoms with Crippen LogP contribution in [0.25, 0.3) is 11.4 Å². The Morgan fingerprint density at radius 1 is 1.24 bits per heavy atom. The van der Waals surface area contributed by atoms with E-state index < -0.39 is 0 Å². The first-order chi connectivity index (χ1) is 12.1. The van der Waals surface area contributed by atoms with Crippen molar-refractivity contribution in [2.75, 3.05) is 6.54 Å². The molecule has 3 aromatic rings. The van der Waals surface area contributed by atoms with E-state index in [4.69, 9.17) is 16.1 Å². The van der Waals surface area contributed by atoms with Crippen LogP contribution < -0.4 is 5.32 Å². The van der Waals surface area contributed by atoms with Crippen LogP contribution in [0, 0.1) is 6.92 Å². The summed E-state index contributed by atoms with van der Waals surface area (Å²) in [5.41, 5.74) is 1.83. The number of aryl methyl sites for hydroxylation is 2. The zero-order valence-electron chi connectivity index (χ0n) is 13.7. The van der Waals surface area contributed by atoms with E-state index in [0.29, 0.717) is 36.1 Å². The quantitative estimate of drug-likeness (QED) is 0.683. The Labute approximate surface area is 154 Å². The largest absolute Gasteiger partial charge is 0.356 e. The molecule has 0 saturated carbocycles. The van der Waals surface area contributed by atoms with Gasteiger partial charge in [-0.2, -0.15) is 4.98 Å². The number of aromatic nitrogens is 3. The van der Waals surface area contributed by atoms with Crippen LogP contribution in [-0.4, -0.2) is 27.6 Å². The number of nitrogens with one attached hydrogen (secondary N) is 1. The number of nitrogens with zero attached hydrogens (tertiary/aromatic N) is 3. The summed E-state index contributed by atoms with van der Waals surface area (Å²) < 4.78 is 5.19. The number of carbonyl (C=O) groups excluding carboxylic acids is 1. The number of amides is 1. The fourth-order valence-corrected chi connectivity index (χ4v) is 3.01. The minimum absolute atomic E-state index is 0.0433. The third-order valence-corrected chi connectivity index (χ3v) is 4.58. The number of halogens is 1. The molecule has 1 N–H and O–H groups in total. The number of carbonyl (C=O) groups is 1. The van der Waals surface area contributed by atoms with Gasteiger partial charge < -0.3 is 9.84 Å². The first kappa shape index (κ1) is 17.6. The standard InChI is InChI=1S/C17H17ClN4O2S/c1-11-20-14(10-25-11)8-9-19-15(23)6-7-16-21-17(22-24-16)12-2-4-13(18)5-3-12/h2-5,10H,6-9H2,1H3,(H,19,23). The molecular formula is C17H17ClN4O2S. The fourth-order valence-electron chi connectivity index (χ4n) is 2.23. The number of thiazole rings is 1. The zero-order chi connectivity index (χ0) is 17.6. The van der Waals surface area contributed by atoms with E-state index in [0.717, 1.165) is 22.7 Å². The van der Waals surface area contributed by atoms with Crippen molar-refractivity contribution in [3.63, 3.8) is 0 Å². The molecule has 130 valence electrons. The topological polar surface area (TPSA) is 80.9 Å². The summed E-state index contributed by atoms with van der Waals surface area (Å²) in [6, 6.07) is 7.18. The summed E-state index contributed by atoms with van der Waals surface area (Å²) in [5.74, 6) is 0.888. The van der Waals surface area contributed by atoms with Gasteiger partial charge in [0, 0.05) is 41.8 Å². The minimum Gasteiger partial charge on any atom is -0.356 e. The lowest BCUT2D eigenvalue weighted by Gasteiger charge is -2.02. The summed E-state index contributed by atoms with van der Waals surface area (Å²) in [5, 5.41) is 10.5. The summed E-state index contributed by atoms with van der Waals surface area (Å²) in [4.78, 5) is 20.6. The van der Waals surface area contributed by atoms with Gasteiger partial charge in [-0.15, -0.1) is 11.3 Å². The van der Waals surface area contributed by atoms with Gasteiger partial charge >= 0.3 is 0 Å². The molecule has 0 radical (unpaired) electrons. The van der Waals surface area contributed by atoms with E-state index in [-0.39, 0.29) is 5.91 Å². The van der Waals surface area contributed by atoms with Crippen LogP contribution in [0.15, 0.2) is 34.2 Å². The molecule has 0 fully saturated rings. The predicted molar refractivity (Wildman–Crippen MR) is 96.6 cm³/mol. The van der Waals surface area contributed by atoms with E-state index in [9.17, 15) is 4.79 Å². The van der Waals surface area contributed by atoms with Gasteiger partial charge in [-0.25, -0.2) is 4.98 Å². The van der Waals surface area contributed by atoms with Crippen LogP contribution >= 0.6 is 22.9 Å². The van der Waals surface area contributed by atoms with Crippen LogP contribution in [0.5, 0.6) is 0 Å². The second-order valence-electron chi connectivity index (χ2n) is 5.48. The van der Waals surface area contributed by atoms with Crippen LogP contribution in [0.2, 0.25) is 5.02 Å². The third-order valence-electron chi connectivity index (χ3n) is 3.51. The maximum absolute atomic E-state index is 11.9. The number of benzene rings is 1. The Morgan fingerprint density at radius 2 is 2.04 bits per heavy atom. The van der Waals surface area contributed by atoms with Crippen LogP contribution in [0.3, 0.4) is 0 Å². The van der Waals surface area contributed by atoms with Crippen LogP contribution in [-0.2, 0) is 17.6 Å². The molecule has 0 aliphatic carbocycles. The summed E-state index contributed by atoms with van der Waals surface area (Å²) >= 11 is 7.47. The molecule has 2 aromatic heterocycles.